The molecule has 4 aromatic rings. The molecule has 2 aliphatic heterocycles. The van der Waals surface area contributed by atoms with Gasteiger partial charge in [-0.1, -0.05) is 30.3 Å². The molecule has 2 aliphatic rings. The quantitative estimate of drug-likeness (QED) is 0.492. The van der Waals surface area contributed by atoms with Gasteiger partial charge in [-0.25, -0.2) is 4.79 Å². The fourth-order valence-electron chi connectivity index (χ4n) is 4.37. The van der Waals surface area contributed by atoms with Crippen molar-refractivity contribution in [3.8, 4) is 28.5 Å². The number of hydrogen-bond acceptors (Lipinski definition) is 6. The second-order valence-electron chi connectivity index (χ2n) is 8.06. The molecule has 0 saturated carbocycles. The fraction of sp³-hybridized carbons (Fsp3) is 0.280. The number of benzene rings is 2. The number of aryl methyl sites for hydroxylation is 1. The normalized spacial score (nSPS) is 17.7. The van der Waals surface area contributed by atoms with Gasteiger partial charge in [-0.05, 0) is 30.2 Å². The van der Waals surface area contributed by atoms with E-state index in [0.29, 0.717) is 38.9 Å². The van der Waals surface area contributed by atoms with E-state index in [-0.39, 0.29) is 11.8 Å². The van der Waals surface area contributed by atoms with E-state index in [4.69, 9.17) is 18.6 Å². The number of aromatic nitrogens is 2. The van der Waals surface area contributed by atoms with Crippen LogP contribution in [0.2, 0.25) is 0 Å². The Morgan fingerprint density at radius 1 is 1.09 bits per heavy atom. The van der Waals surface area contributed by atoms with Crippen LogP contribution in [0.25, 0.3) is 33.6 Å². The molecule has 0 N–H and O–H groups in total. The third-order valence-corrected chi connectivity index (χ3v) is 5.99. The number of para-hydroxylation sites is 1. The van der Waals surface area contributed by atoms with Gasteiger partial charge in [-0.15, -0.1) is 0 Å². The molecular weight excluding hydrogens is 408 g/mol. The van der Waals surface area contributed by atoms with Crippen molar-refractivity contribution in [1.82, 2.24) is 9.55 Å². The molecule has 162 valence electrons. The Bertz CT molecular complexity index is 1320. The summed E-state index contributed by atoms with van der Waals surface area (Å²) in [4.78, 5) is 16.7. The van der Waals surface area contributed by atoms with Crippen LogP contribution >= 0.6 is 0 Å². The van der Waals surface area contributed by atoms with Gasteiger partial charge in [-0.3, -0.25) is 4.57 Å². The van der Waals surface area contributed by atoms with Gasteiger partial charge < -0.3 is 18.6 Å². The summed E-state index contributed by atoms with van der Waals surface area (Å²) in [6.07, 6.45) is 0.605. The van der Waals surface area contributed by atoms with Gasteiger partial charge in [0.1, 0.15) is 24.1 Å². The van der Waals surface area contributed by atoms with Crippen LogP contribution in [0.1, 0.15) is 5.56 Å². The summed E-state index contributed by atoms with van der Waals surface area (Å²) in [5.41, 5.74) is 4.60. The smallest absolute Gasteiger partial charge is 0.351 e. The van der Waals surface area contributed by atoms with E-state index in [9.17, 15) is 4.79 Å². The lowest BCUT2D eigenvalue weighted by atomic mass is 9.95. The Balaban J connectivity index is 1.32. The second-order valence-corrected chi connectivity index (χ2v) is 8.06. The minimum atomic E-state index is -0.301. The highest BCUT2D eigenvalue weighted by Gasteiger charge is 2.21. The lowest BCUT2D eigenvalue weighted by Crippen LogP contribution is -2.34. The molecule has 7 heteroatoms. The van der Waals surface area contributed by atoms with Gasteiger partial charge in [0.25, 0.3) is 0 Å². The third kappa shape index (κ3) is 3.49. The molecular formula is C25H22N2O5. The molecule has 2 aromatic heterocycles. The van der Waals surface area contributed by atoms with Gasteiger partial charge in [0.15, 0.2) is 0 Å². The topological polar surface area (TPSA) is 75.7 Å². The third-order valence-electron chi connectivity index (χ3n) is 5.99. The Kier molecular flexibility index (Phi) is 4.78. The Morgan fingerprint density at radius 3 is 2.91 bits per heavy atom. The highest BCUT2D eigenvalue weighted by Crippen LogP contribution is 2.35. The number of ether oxygens (including phenoxy) is 3. The van der Waals surface area contributed by atoms with E-state index >= 15 is 0 Å². The summed E-state index contributed by atoms with van der Waals surface area (Å²) in [6.45, 7) is 2.51. The molecule has 1 unspecified atom stereocenters. The van der Waals surface area contributed by atoms with Gasteiger partial charge >= 0.3 is 5.69 Å². The molecule has 0 amide bonds. The Labute approximate surface area is 184 Å². The Hall–Kier alpha value is -3.42. The number of nitrogens with zero attached hydrogens (tertiary/aromatic N) is 2. The van der Waals surface area contributed by atoms with E-state index in [2.05, 4.69) is 17.1 Å². The number of fused-ring (bicyclic) bond motifs is 4. The van der Waals surface area contributed by atoms with Gasteiger partial charge in [-0.2, -0.15) is 4.98 Å². The molecule has 1 saturated heterocycles. The van der Waals surface area contributed by atoms with Crippen molar-refractivity contribution in [2.24, 2.45) is 0 Å². The zero-order valence-corrected chi connectivity index (χ0v) is 17.5. The summed E-state index contributed by atoms with van der Waals surface area (Å²) in [5, 5.41) is 1.08. The minimum absolute atomic E-state index is 0.150. The van der Waals surface area contributed by atoms with Gasteiger partial charge in [0, 0.05) is 29.1 Å². The monoisotopic (exact) mass is 430 g/mol. The number of hydrogen-bond donors (Lipinski definition) is 0. The largest absolute Gasteiger partial charge is 0.475 e. The van der Waals surface area contributed by atoms with Crippen LogP contribution in [0.5, 0.6) is 5.88 Å². The Morgan fingerprint density at radius 2 is 2.03 bits per heavy atom. The van der Waals surface area contributed by atoms with Crippen LogP contribution in [-0.2, 0) is 22.4 Å². The number of rotatable bonds is 4. The van der Waals surface area contributed by atoms with Crippen LogP contribution in [-0.4, -0.2) is 42.1 Å². The maximum absolute atomic E-state index is 12.6. The van der Waals surface area contributed by atoms with Crippen molar-refractivity contribution in [2.45, 2.75) is 19.1 Å². The summed E-state index contributed by atoms with van der Waals surface area (Å²) in [7, 11) is 0. The SMILES string of the molecule is O=c1nc(OCC2COCCO2)cc2n1CCc1cc(-c3cc4ccccc4o3)ccc1-2. The highest BCUT2D eigenvalue weighted by molar-refractivity contribution is 5.83. The average Bonchev–Trinajstić information content (AvgIpc) is 3.27. The first-order valence-corrected chi connectivity index (χ1v) is 10.8. The lowest BCUT2D eigenvalue weighted by Gasteiger charge is -2.24. The van der Waals surface area contributed by atoms with E-state index in [1.807, 2.05) is 42.5 Å². The molecule has 32 heavy (non-hydrogen) atoms. The summed E-state index contributed by atoms with van der Waals surface area (Å²) in [5.74, 6) is 1.15. The van der Waals surface area contributed by atoms with Crippen LogP contribution in [0.3, 0.4) is 0 Å². The van der Waals surface area contributed by atoms with Crippen molar-refractivity contribution in [1.29, 1.82) is 0 Å². The molecule has 0 spiro atoms. The van der Waals surface area contributed by atoms with Crippen LogP contribution in [0, 0.1) is 0 Å². The predicted molar refractivity (Wildman–Crippen MR) is 119 cm³/mol. The molecule has 0 radical (unpaired) electrons. The fourth-order valence-corrected chi connectivity index (χ4v) is 4.37. The first kappa shape index (κ1) is 19.3. The molecule has 0 bridgehead atoms. The average molecular weight is 430 g/mol. The van der Waals surface area contributed by atoms with E-state index in [1.54, 1.807) is 4.57 Å². The summed E-state index contributed by atoms with van der Waals surface area (Å²) in [6, 6.07) is 18.1. The predicted octanol–water partition coefficient (Wildman–Crippen LogP) is 3.67. The lowest BCUT2D eigenvalue weighted by molar-refractivity contribution is -0.102. The first-order chi connectivity index (χ1) is 15.7. The van der Waals surface area contributed by atoms with Crippen LogP contribution in [0.4, 0.5) is 0 Å². The van der Waals surface area contributed by atoms with E-state index in [1.165, 1.54) is 5.56 Å². The van der Waals surface area contributed by atoms with Crippen molar-refractivity contribution in [3.63, 3.8) is 0 Å². The number of furan rings is 1. The second kappa shape index (κ2) is 7.93. The van der Waals surface area contributed by atoms with Crippen LogP contribution in [0.15, 0.2) is 63.8 Å². The van der Waals surface area contributed by atoms with Crippen molar-refractivity contribution in [3.05, 3.63) is 70.6 Å². The maximum Gasteiger partial charge on any atom is 0.351 e. The van der Waals surface area contributed by atoms with E-state index < -0.39 is 0 Å². The molecule has 6 rings (SSSR count). The molecule has 1 fully saturated rings. The van der Waals surface area contributed by atoms with Crippen molar-refractivity contribution in [2.75, 3.05) is 26.4 Å². The highest BCUT2D eigenvalue weighted by atomic mass is 16.6. The molecule has 2 aromatic carbocycles. The standard InChI is InChI=1S/C25H22N2O5/c28-25-26-24(31-15-19-14-29-9-10-30-19)13-21-20-6-5-18(11-16(20)7-8-27(21)25)23-12-17-3-1-2-4-22(17)32-23/h1-6,11-13,19H,7-10,14-15H2. The maximum atomic E-state index is 12.6. The van der Waals surface area contributed by atoms with Crippen molar-refractivity contribution < 1.29 is 18.6 Å². The molecule has 1 atom stereocenters. The zero-order chi connectivity index (χ0) is 21.5. The van der Waals surface area contributed by atoms with Crippen LogP contribution < -0.4 is 10.4 Å². The first-order valence-electron chi connectivity index (χ1n) is 10.8. The minimum Gasteiger partial charge on any atom is -0.475 e. The zero-order valence-electron chi connectivity index (χ0n) is 17.5. The molecule has 7 nitrogen and oxygen atoms in total. The molecule has 4 heterocycles. The van der Waals surface area contributed by atoms with E-state index in [0.717, 1.165) is 40.0 Å². The molecule has 0 aliphatic carbocycles. The summed E-state index contributed by atoms with van der Waals surface area (Å²) < 4.78 is 24.5. The van der Waals surface area contributed by atoms with Crippen molar-refractivity contribution >= 4 is 11.0 Å². The van der Waals surface area contributed by atoms with Gasteiger partial charge in [0.05, 0.1) is 25.5 Å². The summed E-state index contributed by atoms with van der Waals surface area (Å²) >= 11 is 0. The van der Waals surface area contributed by atoms with Gasteiger partial charge in [0.2, 0.25) is 5.88 Å².